The first-order valence-corrected chi connectivity index (χ1v) is 8.81. The number of aryl methyl sites for hydroxylation is 2. The Balaban J connectivity index is 0.000000126. The van der Waals surface area contributed by atoms with Gasteiger partial charge in [-0.05, 0) is 30.4 Å². The molecule has 0 spiro atoms. The molecule has 0 fully saturated rings. The largest absolute Gasteiger partial charge is 0.350 e. The molecule has 2 aromatic heterocycles. The highest BCUT2D eigenvalue weighted by molar-refractivity contribution is 5.84. The van der Waals surface area contributed by atoms with Gasteiger partial charge in [-0.2, -0.15) is 10.2 Å². The lowest BCUT2D eigenvalue weighted by Crippen LogP contribution is -2.08. The van der Waals surface area contributed by atoms with E-state index in [1.54, 1.807) is 0 Å². The standard InChI is InChI=1S/C12H10.C10H11N3/c1-3-7-11(8-4-1)12-9-5-2-6-10-12;1-2-4-13-7-8-5-11-12-6-9(8)10(13)3-1/h1-10H;5-7H,1-4H2. The van der Waals surface area contributed by atoms with Crippen LogP contribution in [0.4, 0.5) is 0 Å². The summed E-state index contributed by atoms with van der Waals surface area (Å²) in [5.74, 6) is 0. The molecule has 124 valence electrons. The fourth-order valence-corrected chi connectivity index (χ4v) is 3.39. The molecule has 25 heavy (non-hydrogen) atoms. The van der Waals surface area contributed by atoms with Crippen molar-refractivity contribution < 1.29 is 0 Å². The maximum atomic E-state index is 3.93. The van der Waals surface area contributed by atoms with E-state index in [1.165, 1.54) is 46.9 Å². The summed E-state index contributed by atoms with van der Waals surface area (Å²) in [6.07, 6.45) is 9.72. The van der Waals surface area contributed by atoms with Gasteiger partial charge < -0.3 is 4.57 Å². The zero-order chi connectivity index (χ0) is 16.9. The molecule has 0 saturated carbocycles. The smallest absolute Gasteiger partial charge is 0.0592 e. The lowest BCUT2D eigenvalue weighted by molar-refractivity contribution is 0.536. The van der Waals surface area contributed by atoms with Crippen LogP contribution in [0.5, 0.6) is 0 Å². The normalized spacial score (nSPS) is 13.0. The summed E-state index contributed by atoms with van der Waals surface area (Å²) in [6, 6.07) is 20.8. The van der Waals surface area contributed by atoms with Crippen LogP contribution >= 0.6 is 0 Å². The van der Waals surface area contributed by atoms with Crippen molar-refractivity contribution >= 4 is 10.8 Å². The van der Waals surface area contributed by atoms with E-state index in [0.29, 0.717) is 0 Å². The molecule has 0 unspecified atom stereocenters. The van der Waals surface area contributed by atoms with Crippen molar-refractivity contribution in [3.8, 4) is 11.1 Å². The highest BCUT2D eigenvalue weighted by atomic mass is 15.1. The quantitative estimate of drug-likeness (QED) is 0.486. The summed E-state index contributed by atoms with van der Waals surface area (Å²) < 4.78 is 2.34. The molecule has 5 rings (SSSR count). The number of benzene rings is 2. The van der Waals surface area contributed by atoms with Gasteiger partial charge in [0.05, 0.1) is 12.4 Å². The first-order valence-electron chi connectivity index (χ1n) is 8.81. The van der Waals surface area contributed by atoms with Gasteiger partial charge >= 0.3 is 0 Å². The SMILES string of the molecule is c1ccc(-c2ccccc2)cc1.c1nncc2c3n(cc12)CCCC3. The summed E-state index contributed by atoms with van der Waals surface area (Å²) in [5.41, 5.74) is 3.99. The monoisotopic (exact) mass is 327 g/mol. The molecule has 3 heteroatoms. The van der Waals surface area contributed by atoms with Crippen LogP contribution in [0.1, 0.15) is 18.5 Å². The molecule has 2 aromatic carbocycles. The van der Waals surface area contributed by atoms with Crippen LogP contribution in [-0.2, 0) is 13.0 Å². The predicted octanol–water partition coefficient (Wildman–Crippen LogP) is 5.12. The predicted molar refractivity (Wildman–Crippen MR) is 102 cm³/mol. The minimum atomic E-state index is 1.16. The van der Waals surface area contributed by atoms with Gasteiger partial charge in [-0.3, -0.25) is 0 Å². The van der Waals surface area contributed by atoms with E-state index in [0.717, 1.165) is 6.54 Å². The molecule has 3 nitrogen and oxygen atoms in total. The molecule has 1 aliphatic heterocycles. The molecular formula is C22H21N3. The third-order valence-electron chi connectivity index (χ3n) is 4.66. The zero-order valence-electron chi connectivity index (χ0n) is 14.2. The number of nitrogens with zero attached hydrogens (tertiary/aromatic N) is 3. The molecule has 0 bridgehead atoms. The van der Waals surface area contributed by atoms with E-state index in [9.17, 15) is 0 Å². The Labute approximate surface area is 148 Å². The lowest BCUT2D eigenvalue weighted by Gasteiger charge is -2.14. The second-order valence-corrected chi connectivity index (χ2v) is 6.32. The molecule has 3 heterocycles. The average molecular weight is 327 g/mol. The van der Waals surface area contributed by atoms with Crippen LogP contribution in [0.2, 0.25) is 0 Å². The second-order valence-electron chi connectivity index (χ2n) is 6.32. The summed E-state index contributed by atoms with van der Waals surface area (Å²) >= 11 is 0. The van der Waals surface area contributed by atoms with E-state index in [-0.39, 0.29) is 0 Å². The summed E-state index contributed by atoms with van der Waals surface area (Å²) in [4.78, 5) is 0. The Hall–Kier alpha value is -2.94. The van der Waals surface area contributed by atoms with Crippen LogP contribution in [-0.4, -0.2) is 14.8 Å². The molecule has 0 N–H and O–H groups in total. The molecule has 1 aliphatic rings. The Morgan fingerprint density at radius 2 is 1.36 bits per heavy atom. The van der Waals surface area contributed by atoms with Crippen molar-refractivity contribution in [2.75, 3.05) is 0 Å². The maximum Gasteiger partial charge on any atom is 0.0592 e. The molecule has 4 aromatic rings. The Morgan fingerprint density at radius 1 is 0.720 bits per heavy atom. The van der Waals surface area contributed by atoms with Gasteiger partial charge in [-0.1, -0.05) is 60.7 Å². The van der Waals surface area contributed by atoms with Crippen LogP contribution in [0.3, 0.4) is 0 Å². The van der Waals surface area contributed by atoms with Crippen molar-refractivity contribution in [1.29, 1.82) is 0 Å². The van der Waals surface area contributed by atoms with Crippen LogP contribution in [0.15, 0.2) is 79.3 Å². The van der Waals surface area contributed by atoms with E-state index in [2.05, 4.69) is 69.5 Å². The van der Waals surface area contributed by atoms with E-state index >= 15 is 0 Å². The molecule has 0 aliphatic carbocycles. The van der Waals surface area contributed by atoms with Crippen molar-refractivity contribution in [3.05, 3.63) is 84.9 Å². The minimum Gasteiger partial charge on any atom is -0.350 e. The molecule has 0 radical (unpaired) electrons. The van der Waals surface area contributed by atoms with Crippen LogP contribution in [0, 0.1) is 0 Å². The van der Waals surface area contributed by atoms with Crippen molar-refractivity contribution in [2.45, 2.75) is 25.8 Å². The Kier molecular flexibility index (Phi) is 4.55. The van der Waals surface area contributed by atoms with Crippen LogP contribution < -0.4 is 0 Å². The molecule has 0 amide bonds. The van der Waals surface area contributed by atoms with Gasteiger partial charge in [-0.25, -0.2) is 0 Å². The average Bonchev–Trinajstić information content (AvgIpc) is 3.09. The number of hydrogen-bond acceptors (Lipinski definition) is 2. The first kappa shape index (κ1) is 15.6. The molecule has 0 atom stereocenters. The van der Waals surface area contributed by atoms with Gasteiger partial charge in [0.1, 0.15) is 0 Å². The minimum absolute atomic E-state index is 1.16. The first-order chi connectivity index (χ1) is 12.4. The summed E-state index contributed by atoms with van der Waals surface area (Å²) in [6.45, 7) is 1.16. The van der Waals surface area contributed by atoms with Crippen molar-refractivity contribution in [3.63, 3.8) is 0 Å². The summed E-state index contributed by atoms with van der Waals surface area (Å²) in [5, 5.41) is 10.3. The fraction of sp³-hybridized carbons (Fsp3) is 0.182. The maximum absolute atomic E-state index is 3.93. The van der Waals surface area contributed by atoms with Gasteiger partial charge in [0, 0.05) is 29.2 Å². The van der Waals surface area contributed by atoms with Crippen LogP contribution in [0.25, 0.3) is 21.9 Å². The highest BCUT2D eigenvalue weighted by Gasteiger charge is 2.12. The zero-order valence-corrected chi connectivity index (χ0v) is 14.2. The number of aromatic nitrogens is 3. The lowest BCUT2D eigenvalue weighted by atomic mass is 10.1. The summed E-state index contributed by atoms with van der Waals surface area (Å²) in [7, 11) is 0. The van der Waals surface area contributed by atoms with Crippen molar-refractivity contribution in [2.24, 2.45) is 0 Å². The van der Waals surface area contributed by atoms with E-state index < -0.39 is 0 Å². The Morgan fingerprint density at radius 3 is 2.04 bits per heavy atom. The molecular weight excluding hydrogens is 306 g/mol. The van der Waals surface area contributed by atoms with Gasteiger partial charge in [0.15, 0.2) is 0 Å². The molecule has 0 saturated heterocycles. The fourth-order valence-electron chi connectivity index (χ4n) is 3.39. The van der Waals surface area contributed by atoms with E-state index in [1.807, 2.05) is 24.5 Å². The topological polar surface area (TPSA) is 30.7 Å². The third-order valence-corrected chi connectivity index (χ3v) is 4.66. The number of rotatable bonds is 1. The van der Waals surface area contributed by atoms with Crippen molar-refractivity contribution in [1.82, 2.24) is 14.8 Å². The number of fused-ring (bicyclic) bond motifs is 3. The second kappa shape index (κ2) is 7.31. The highest BCUT2D eigenvalue weighted by Crippen LogP contribution is 2.24. The Bertz CT molecular complexity index is 905. The van der Waals surface area contributed by atoms with Gasteiger partial charge in [0.25, 0.3) is 0 Å². The van der Waals surface area contributed by atoms with E-state index in [4.69, 9.17) is 0 Å². The van der Waals surface area contributed by atoms with Gasteiger partial charge in [-0.15, -0.1) is 0 Å². The number of hydrogen-bond donors (Lipinski definition) is 0. The van der Waals surface area contributed by atoms with Gasteiger partial charge in [0.2, 0.25) is 0 Å². The third kappa shape index (κ3) is 3.45.